The number of rotatable bonds is 3. The van der Waals surface area contributed by atoms with Gasteiger partial charge in [0.15, 0.2) is 11.2 Å². The number of fused-ring (bicyclic) bond motifs is 12. The maximum Gasteiger partial charge on any atom is 0.178 e. The molecule has 2 aromatic heterocycles. The SMILES string of the molecule is CC1(C)c2ccccc2-c2ccc(-c3ccc(-c4c5ccccc5c(-c5ccc6oc7c(ccc8c9ccccc9oc87)c6c5)c5ccccc45)cc3)cc21. The van der Waals surface area contributed by atoms with Crippen LogP contribution in [0.5, 0.6) is 0 Å². The summed E-state index contributed by atoms with van der Waals surface area (Å²) in [6.45, 7) is 4.69. The van der Waals surface area contributed by atoms with Crippen molar-refractivity contribution in [3.05, 3.63) is 181 Å². The van der Waals surface area contributed by atoms with Crippen molar-refractivity contribution in [1.29, 1.82) is 0 Å². The Morgan fingerprint density at radius 1 is 0.327 bits per heavy atom. The third kappa shape index (κ3) is 4.25. The fraction of sp³-hybridized carbons (Fsp3) is 0.0566. The molecule has 55 heavy (non-hydrogen) atoms. The molecule has 9 aromatic carbocycles. The number of hydrogen-bond donors (Lipinski definition) is 0. The lowest BCUT2D eigenvalue weighted by atomic mass is 9.81. The molecule has 0 fully saturated rings. The Morgan fingerprint density at radius 3 is 1.51 bits per heavy atom. The van der Waals surface area contributed by atoms with Crippen molar-refractivity contribution in [1.82, 2.24) is 0 Å². The standard InChI is InChI=1S/C53H34O2/c1-53(2)45-17-9-7-11-35(45)36-25-23-33(30-46(36)53)31-19-21-32(22-20-31)49-38-13-3-5-15-40(38)50(41-16-6-4-14-39(41)49)34-24-28-48-44(29-34)43-27-26-42-37-12-8-10-18-47(37)54-51(42)52(43)55-48/h3-30H,1-2H3. The quantitative estimate of drug-likeness (QED) is 0.171. The van der Waals surface area contributed by atoms with Crippen molar-refractivity contribution < 1.29 is 8.83 Å². The van der Waals surface area contributed by atoms with Gasteiger partial charge in [-0.25, -0.2) is 0 Å². The van der Waals surface area contributed by atoms with Crippen LogP contribution in [-0.2, 0) is 5.41 Å². The van der Waals surface area contributed by atoms with Crippen LogP contribution in [0.25, 0.3) is 110 Å². The van der Waals surface area contributed by atoms with Crippen LogP contribution in [0, 0.1) is 0 Å². The molecule has 0 saturated heterocycles. The minimum absolute atomic E-state index is 0.0300. The normalized spacial score (nSPS) is 13.4. The molecule has 2 heteroatoms. The Labute approximate surface area is 317 Å². The van der Waals surface area contributed by atoms with Crippen LogP contribution < -0.4 is 0 Å². The van der Waals surface area contributed by atoms with Gasteiger partial charge in [0.2, 0.25) is 0 Å². The molecule has 0 bridgehead atoms. The smallest absolute Gasteiger partial charge is 0.178 e. The highest BCUT2D eigenvalue weighted by Crippen LogP contribution is 2.50. The van der Waals surface area contributed by atoms with Gasteiger partial charge in [-0.3, -0.25) is 0 Å². The number of hydrogen-bond acceptors (Lipinski definition) is 2. The van der Waals surface area contributed by atoms with Crippen molar-refractivity contribution in [3.63, 3.8) is 0 Å². The third-order valence-corrected chi connectivity index (χ3v) is 12.3. The van der Waals surface area contributed by atoms with Crippen LogP contribution in [-0.4, -0.2) is 0 Å². The number of furan rings is 2. The molecular weight excluding hydrogens is 669 g/mol. The number of para-hydroxylation sites is 1. The summed E-state index contributed by atoms with van der Waals surface area (Å²) in [5.41, 5.74) is 16.1. The van der Waals surface area contributed by atoms with Gasteiger partial charge in [-0.05, 0) is 114 Å². The maximum absolute atomic E-state index is 6.53. The van der Waals surface area contributed by atoms with E-state index in [2.05, 4.69) is 172 Å². The van der Waals surface area contributed by atoms with Gasteiger partial charge in [0.05, 0.1) is 0 Å². The first-order valence-electron chi connectivity index (χ1n) is 19.1. The average Bonchev–Trinajstić information content (AvgIpc) is 3.87. The molecule has 1 aliphatic rings. The summed E-state index contributed by atoms with van der Waals surface area (Å²) in [5.74, 6) is 0. The molecular formula is C53H34O2. The van der Waals surface area contributed by atoms with E-state index in [1.54, 1.807) is 0 Å². The molecule has 0 unspecified atom stereocenters. The van der Waals surface area contributed by atoms with E-state index >= 15 is 0 Å². The van der Waals surface area contributed by atoms with Crippen LogP contribution >= 0.6 is 0 Å². The van der Waals surface area contributed by atoms with E-state index in [9.17, 15) is 0 Å². The van der Waals surface area contributed by atoms with E-state index in [1.165, 1.54) is 71.6 Å². The molecule has 0 radical (unpaired) electrons. The first-order valence-corrected chi connectivity index (χ1v) is 19.1. The molecule has 11 aromatic rings. The van der Waals surface area contributed by atoms with Gasteiger partial charge in [0, 0.05) is 27.0 Å². The summed E-state index contributed by atoms with van der Waals surface area (Å²) in [6, 6.07) is 61.9. The molecule has 0 aliphatic heterocycles. The third-order valence-electron chi connectivity index (χ3n) is 12.3. The van der Waals surface area contributed by atoms with Crippen LogP contribution in [0.3, 0.4) is 0 Å². The zero-order chi connectivity index (χ0) is 36.4. The first kappa shape index (κ1) is 30.6. The minimum Gasteiger partial charge on any atom is -0.452 e. The van der Waals surface area contributed by atoms with Gasteiger partial charge >= 0.3 is 0 Å². The van der Waals surface area contributed by atoms with Gasteiger partial charge in [-0.1, -0.05) is 147 Å². The predicted molar refractivity (Wildman–Crippen MR) is 230 cm³/mol. The van der Waals surface area contributed by atoms with E-state index in [1.807, 2.05) is 12.1 Å². The number of benzene rings is 9. The molecule has 2 heterocycles. The van der Waals surface area contributed by atoms with Crippen molar-refractivity contribution in [2.45, 2.75) is 19.3 Å². The van der Waals surface area contributed by atoms with E-state index in [0.29, 0.717) is 0 Å². The van der Waals surface area contributed by atoms with Gasteiger partial charge in [-0.15, -0.1) is 0 Å². The second-order valence-electron chi connectivity index (χ2n) is 15.6. The monoisotopic (exact) mass is 702 g/mol. The summed E-state index contributed by atoms with van der Waals surface area (Å²) >= 11 is 0. The van der Waals surface area contributed by atoms with Crippen molar-refractivity contribution in [2.75, 3.05) is 0 Å². The Hall–Kier alpha value is -6.90. The predicted octanol–water partition coefficient (Wildman–Crippen LogP) is 15.1. The van der Waals surface area contributed by atoms with E-state index in [4.69, 9.17) is 8.83 Å². The molecule has 12 rings (SSSR count). The molecule has 258 valence electrons. The molecule has 2 nitrogen and oxygen atoms in total. The lowest BCUT2D eigenvalue weighted by Crippen LogP contribution is -2.14. The molecule has 0 N–H and O–H groups in total. The van der Waals surface area contributed by atoms with Crippen molar-refractivity contribution in [3.8, 4) is 44.5 Å². The summed E-state index contributed by atoms with van der Waals surface area (Å²) in [5, 5.41) is 9.26. The summed E-state index contributed by atoms with van der Waals surface area (Å²) in [7, 11) is 0. The van der Waals surface area contributed by atoms with Gasteiger partial charge in [0.25, 0.3) is 0 Å². The second-order valence-corrected chi connectivity index (χ2v) is 15.6. The molecule has 0 atom stereocenters. The Bertz CT molecular complexity index is 3330. The Kier molecular flexibility index (Phi) is 6.15. The maximum atomic E-state index is 6.53. The van der Waals surface area contributed by atoms with Crippen LogP contribution in [0.15, 0.2) is 179 Å². The summed E-state index contributed by atoms with van der Waals surface area (Å²) < 4.78 is 12.9. The fourth-order valence-corrected chi connectivity index (χ4v) is 9.64. The van der Waals surface area contributed by atoms with E-state index in [-0.39, 0.29) is 5.41 Å². The van der Waals surface area contributed by atoms with E-state index < -0.39 is 0 Å². The average molecular weight is 703 g/mol. The van der Waals surface area contributed by atoms with E-state index in [0.717, 1.165) is 49.4 Å². The highest BCUT2D eigenvalue weighted by molar-refractivity contribution is 6.23. The first-order chi connectivity index (χ1) is 27.0. The second kappa shape index (κ2) is 11.1. The van der Waals surface area contributed by atoms with Gasteiger partial charge in [-0.2, -0.15) is 0 Å². The zero-order valence-corrected chi connectivity index (χ0v) is 30.5. The molecule has 0 spiro atoms. The Balaban J connectivity index is 1.00. The zero-order valence-electron chi connectivity index (χ0n) is 30.5. The minimum atomic E-state index is -0.0300. The van der Waals surface area contributed by atoms with Crippen LogP contribution in [0.2, 0.25) is 0 Å². The highest BCUT2D eigenvalue weighted by Gasteiger charge is 2.35. The van der Waals surface area contributed by atoms with Gasteiger partial charge < -0.3 is 8.83 Å². The van der Waals surface area contributed by atoms with Crippen LogP contribution in [0.1, 0.15) is 25.0 Å². The molecule has 0 amide bonds. The van der Waals surface area contributed by atoms with Gasteiger partial charge in [0.1, 0.15) is 11.2 Å². The lowest BCUT2D eigenvalue weighted by Gasteiger charge is -2.22. The Morgan fingerprint density at radius 2 is 0.818 bits per heavy atom. The topological polar surface area (TPSA) is 26.3 Å². The highest BCUT2D eigenvalue weighted by atomic mass is 16.4. The summed E-state index contributed by atoms with van der Waals surface area (Å²) in [6.07, 6.45) is 0. The van der Waals surface area contributed by atoms with Crippen LogP contribution in [0.4, 0.5) is 0 Å². The largest absolute Gasteiger partial charge is 0.452 e. The van der Waals surface area contributed by atoms with Crippen molar-refractivity contribution >= 4 is 65.4 Å². The summed E-state index contributed by atoms with van der Waals surface area (Å²) in [4.78, 5) is 0. The lowest BCUT2D eigenvalue weighted by molar-refractivity contribution is 0.633. The molecule has 1 aliphatic carbocycles. The fourth-order valence-electron chi connectivity index (χ4n) is 9.64. The molecule has 0 saturated carbocycles. The van der Waals surface area contributed by atoms with Crippen molar-refractivity contribution in [2.24, 2.45) is 0 Å².